The average molecular weight is 396 g/mol. The molecule has 2 aliphatic heterocycles. The molecule has 0 unspecified atom stereocenters. The van der Waals surface area contributed by atoms with Gasteiger partial charge in [0.1, 0.15) is 5.56 Å². The van der Waals surface area contributed by atoms with Crippen LogP contribution in [0.1, 0.15) is 26.6 Å². The monoisotopic (exact) mass is 395 g/mol. The number of thioether (sulfide) groups is 1. The van der Waals surface area contributed by atoms with Gasteiger partial charge in [-0.15, -0.1) is 23.1 Å². The Labute approximate surface area is 164 Å². The second-order valence-corrected chi connectivity index (χ2v) is 8.89. The molecule has 0 bridgehead atoms. The molecule has 0 saturated carbocycles. The predicted octanol–water partition coefficient (Wildman–Crippen LogP) is 3.51. The third kappa shape index (κ3) is 2.73. The van der Waals surface area contributed by atoms with Crippen molar-refractivity contribution in [1.29, 1.82) is 0 Å². The van der Waals surface area contributed by atoms with Crippen molar-refractivity contribution >= 4 is 46.0 Å². The molecular weight excluding hydrogens is 378 g/mol. The van der Waals surface area contributed by atoms with Crippen LogP contribution < -0.4 is 5.43 Å². The molecule has 2 aliphatic rings. The molecule has 27 heavy (non-hydrogen) atoms. The van der Waals surface area contributed by atoms with Gasteiger partial charge in [-0.25, -0.2) is 4.98 Å². The van der Waals surface area contributed by atoms with E-state index in [9.17, 15) is 9.59 Å². The maximum absolute atomic E-state index is 13.2. The van der Waals surface area contributed by atoms with Gasteiger partial charge in [0.25, 0.3) is 5.91 Å². The number of carbonyl (C=O) groups excluding carboxylic acids is 1. The Kier molecular flexibility index (Phi) is 3.94. The van der Waals surface area contributed by atoms with E-state index in [1.807, 2.05) is 30.5 Å². The summed E-state index contributed by atoms with van der Waals surface area (Å²) in [5.41, 5.74) is 3.10. The summed E-state index contributed by atoms with van der Waals surface area (Å²) in [4.78, 5) is 32.4. The number of rotatable bonds is 2. The molecule has 0 radical (unpaired) electrons. The van der Waals surface area contributed by atoms with E-state index in [1.54, 1.807) is 34.2 Å². The molecule has 2 aromatic heterocycles. The van der Waals surface area contributed by atoms with E-state index in [-0.39, 0.29) is 16.9 Å². The Morgan fingerprint density at radius 1 is 1.30 bits per heavy atom. The van der Waals surface area contributed by atoms with E-state index in [0.29, 0.717) is 11.9 Å². The number of para-hydroxylation sites is 1. The Bertz CT molecular complexity index is 1180. The average Bonchev–Trinajstić information content (AvgIpc) is 3.39. The Morgan fingerprint density at radius 3 is 3.00 bits per heavy atom. The first-order valence-corrected chi connectivity index (χ1v) is 10.7. The molecule has 0 N–H and O–H groups in total. The van der Waals surface area contributed by atoms with Crippen molar-refractivity contribution < 1.29 is 4.79 Å². The van der Waals surface area contributed by atoms with Crippen LogP contribution in [0.4, 0.5) is 0 Å². The lowest BCUT2D eigenvalue weighted by atomic mass is 10.1. The van der Waals surface area contributed by atoms with Crippen molar-refractivity contribution in [1.82, 2.24) is 14.5 Å². The molecule has 136 valence electrons. The van der Waals surface area contributed by atoms with Crippen LogP contribution in [0.25, 0.3) is 17.0 Å². The van der Waals surface area contributed by atoms with Gasteiger partial charge in [-0.1, -0.05) is 12.1 Å². The highest BCUT2D eigenvalue weighted by Gasteiger charge is 2.29. The lowest BCUT2D eigenvalue weighted by molar-refractivity contribution is 0.0829. The van der Waals surface area contributed by atoms with Crippen LogP contribution in [0.2, 0.25) is 0 Å². The number of amides is 1. The molecule has 0 aliphatic carbocycles. The predicted molar refractivity (Wildman–Crippen MR) is 110 cm³/mol. The summed E-state index contributed by atoms with van der Waals surface area (Å²) < 4.78 is 2.05. The number of aromatic nitrogens is 2. The van der Waals surface area contributed by atoms with Crippen LogP contribution in [0.3, 0.4) is 0 Å². The van der Waals surface area contributed by atoms with Gasteiger partial charge in [0.05, 0.1) is 21.2 Å². The summed E-state index contributed by atoms with van der Waals surface area (Å²) in [5, 5.41) is 4.48. The zero-order valence-electron chi connectivity index (χ0n) is 14.8. The fourth-order valence-corrected chi connectivity index (χ4v) is 5.37. The Hall–Kier alpha value is -2.38. The number of nitrogens with zero attached hydrogens (tertiary/aromatic N) is 3. The lowest BCUT2D eigenvalue weighted by Crippen LogP contribution is -2.31. The number of hydrogen-bond acceptors (Lipinski definition) is 5. The van der Waals surface area contributed by atoms with Crippen LogP contribution in [0, 0.1) is 6.92 Å². The minimum absolute atomic E-state index is 0.171. The summed E-state index contributed by atoms with van der Waals surface area (Å²) in [6, 6.07) is 5.79. The molecule has 0 atom stereocenters. The van der Waals surface area contributed by atoms with Gasteiger partial charge in [0, 0.05) is 35.8 Å². The van der Waals surface area contributed by atoms with Crippen LogP contribution in [-0.4, -0.2) is 32.7 Å². The van der Waals surface area contributed by atoms with Crippen molar-refractivity contribution in [2.45, 2.75) is 19.9 Å². The van der Waals surface area contributed by atoms with E-state index in [4.69, 9.17) is 0 Å². The largest absolute Gasteiger partial charge is 0.346 e. The van der Waals surface area contributed by atoms with Gasteiger partial charge in [-0.3, -0.25) is 9.59 Å². The lowest BCUT2D eigenvalue weighted by Gasteiger charge is -2.17. The normalized spacial score (nSPS) is 17.4. The molecule has 1 fully saturated rings. The van der Waals surface area contributed by atoms with Gasteiger partial charge < -0.3 is 9.47 Å². The van der Waals surface area contributed by atoms with Crippen molar-refractivity contribution in [3.05, 3.63) is 66.9 Å². The zero-order valence-corrected chi connectivity index (χ0v) is 16.4. The number of aryl methyl sites for hydroxylation is 3. The highest BCUT2D eigenvalue weighted by atomic mass is 32.2. The number of hydrogen-bond donors (Lipinski definition) is 0. The molecule has 4 heterocycles. The first-order valence-electron chi connectivity index (χ1n) is 8.85. The first-order chi connectivity index (χ1) is 13.1. The van der Waals surface area contributed by atoms with Crippen LogP contribution in [-0.2, 0) is 13.0 Å². The minimum atomic E-state index is -0.217. The van der Waals surface area contributed by atoms with Crippen molar-refractivity contribution in [3.63, 3.8) is 0 Å². The maximum Gasteiger partial charge on any atom is 0.264 e. The van der Waals surface area contributed by atoms with Crippen LogP contribution in [0.15, 0.2) is 39.6 Å². The summed E-state index contributed by atoms with van der Waals surface area (Å²) in [6.45, 7) is 3.38. The quantitative estimate of drug-likeness (QED) is 0.666. The fraction of sp³-hybridized carbons (Fsp3) is 0.250. The van der Waals surface area contributed by atoms with Gasteiger partial charge in [0.15, 0.2) is 0 Å². The van der Waals surface area contributed by atoms with Gasteiger partial charge >= 0.3 is 0 Å². The van der Waals surface area contributed by atoms with Crippen molar-refractivity contribution in [3.8, 4) is 0 Å². The van der Waals surface area contributed by atoms with E-state index in [0.717, 1.165) is 40.0 Å². The van der Waals surface area contributed by atoms with Gasteiger partial charge in [-0.05, 0) is 31.1 Å². The van der Waals surface area contributed by atoms with E-state index in [1.165, 1.54) is 5.56 Å². The third-order valence-corrected chi connectivity index (χ3v) is 6.83. The van der Waals surface area contributed by atoms with Crippen LogP contribution in [0.5, 0.6) is 0 Å². The molecule has 5 nitrogen and oxygen atoms in total. The number of benzene rings is 1. The zero-order chi connectivity index (χ0) is 18.5. The molecule has 1 aromatic carbocycles. The summed E-state index contributed by atoms with van der Waals surface area (Å²) in [7, 11) is 0. The molecule has 7 heteroatoms. The Morgan fingerprint density at radius 2 is 2.19 bits per heavy atom. The SMILES string of the molecule is Cc1nc(/C=C2/SCCN2C(=O)c2cn3c4c(cccc4c2=O)CC3)cs1. The summed E-state index contributed by atoms with van der Waals surface area (Å²) >= 11 is 3.22. The number of carbonyl (C=O) groups is 1. The third-order valence-electron chi connectivity index (χ3n) is 5.02. The van der Waals surface area contributed by atoms with Crippen molar-refractivity contribution in [2.75, 3.05) is 12.3 Å². The van der Waals surface area contributed by atoms with Gasteiger partial charge in [0.2, 0.25) is 5.43 Å². The maximum atomic E-state index is 13.2. The molecule has 3 aromatic rings. The first kappa shape index (κ1) is 16.8. The smallest absolute Gasteiger partial charge is 0.264 e. The summed E-state index contributed by atoms with van der Waals surface area (Å²) in [5.74, 6) is 0.609. The molecular formula is C20H17N3O2S2. The van der Waals surface area contributed by atoms with E-state index >= 15 is 0 Å². The molecule has 0 spiro atoms. The van der Waals surface area contributed by atoms with E-state index in [2.05, 4.69) is 15.6 Å². The number of thiazole rings is 1. The molecule has 1 amide bonds. The van der Waals surface area contributed by atoms with Gasteiger partial charge in [-0.2, -0.15) is 0 Å². The van der Waals surface area contributed by atoms with E-state index < -0.39 is 0 Å². The number of pyridine rings is 1. The fourth-order valence-electron chi connectivity index (χ4n) is 3.78. The van der Waals surface area contributed by atoms with Crippen LogP contribution >= 0.6 is 23.1 Å². The minimum Gasteiger partial charge on any atom is -0.346 e. The molecule has 1 saturated heterocycles. The Balaban J connectivity index is 1.57. The standard InChI is InChI=1S/C20H17N3O2S2/c1-12-21-14(11-27-12)9-17-23(7-8-26-17)20(25)16-10-22-6-5-13-3-2-4-15(18(13)22)19(16)24/h2-4,9-11H,5-8H2,1H3/b17-9+. The molecule has 5 rings (SSSR count). The second-order valence-electron chi connectivity index (χ2n) is 6.71. The van der Waals surface area contributed by atoms with Crippen molar-refractivity contribution in [2.24, 2.45) is 0 Å². The topological polar surface area (TPSA) is 55.2 Å². The highest BCUT2D eigenvalue weighted by Crippen LogP contribution is 2.32. The summed E-state index contributed by atoms with van der Waals surface area (Å²) in [6.07, 6.45) is 4.59. The second kappa shape index (κ2) is 6.35. The highest BCUT2D eigenvalue weighted by molar-refractivity contribution is 8.03.